The van der Waals surface area contributed by atoms with Crippen LogP contribution in [0.3, 0.4) is 0 Å². The van der Waals surface area contributed by atoms with Crippen LogP contribution in [0.4, 0.5) is 13.2 Å². The third kappa shape index (κ3) is 2.80. The Balaban J connectivity index is 2.58. The average Bonchev–Trinajstić information content (AvgIpc) is 2.77. The summed E-state index contributed by atoms with van der Waals surface area (Å²) in [6.45, 7) is 0. The number of carbonyl (C=O) groups is 1. The van der Waals surface area contributed by atoms with Crippen molar-refractivity contribution in [1.29, 1.82) is 0 Å². The Morgan fingerprint density at radius 2 is 2.05 bits per heavy atom. The van der Waals surface area contributed by atoms with Crippen molar-refractivity contribution in [1.82, 2.24) is 4.98 Å². The van der Waals surface area contributed by atoms with Gasteiger partial charge in [-0.1, -0.05) is 11.6 Å². The van der Waals surface area contributed by atoms with Crippen LogP contribution in [0.5, 0.6) is 0 Å². The molecule has 0 spiro atoms. The highest BCUT2D eigenvalue weighted by atomic mass is 79.9. The summed E-state index contributed by atoms with van der Waals surface area (Å²) in [4.78, 5) is 14.0. The minimum Gasteiger partial charge on any atom is -0.475 e. The van der Waals surface area contributed by atoms with Crippen molar-refractivity contribution in [3.8, 4) is 11.5 Å². The predicted molar refractivity (Wildman–Crippen MR) is 66.6 cm³/mol. The molecule has 2 aromatic rings. The third-order valence-electron chi connectivity index (χ3n) is 2.26. The van der Waals surface area contributed by atoms with Crippen LogP contribution in [0.2, 0.25) is 5.02 Å². The monoisotopic (exact) mass is 369 g/mol. The lowest BCUT2D eigenvalue weighted by atomic mass is 10.2. The molecule has 1 aromatic heterocycles. The van der Waals surface area contributed by atoms with Gasteiger partial charge in [0.25, 0.3) is 0 Å². The topological polar surface area (TPSA) is 63.3 Å². The van der Waals surface area contributed by atoms with Crippen LogP contribution in [-0.2, 0) is 6.18 Å². The van der Waals surface area contributed by atoms with E-state index in [2.05, 4.69) is 25.3 Å². The van der Waals surface area contributed by atoms with E-state index >= 15 is 0 Å². The summed E-state index contributed by atoms with van der Waals surface area (Å²) in [5.74, 6) is -3.57. The molecule has 4 nitrogen and oxygen atoms in total. The van der Waals surface area contributed by atoms with Crippen molar-refractivity contribution in [2.24, 2.45) is 0 Å². The number of oxazole rings is 1. The van der Waals surface area contributed by atoms with Gasteiger partial charge >= 0.3 is 12.1 Å². The van der Waals surface area contributed by atoms with Gasteiger partial charge in [0.15, 0.2) is 5.69 Å². The number of carboxylic acid groups (broad SMARTS) is 1. The number of hydrogen-bond acceptors (Lipinski definition) is 3. The fourth-order valence-corrected chi connectivity index (χ4v) is 1.84. The van der Waals surface area contributed by atoms with E-state index in [4.69, 9.17) is 16.7 Å². The first-order valence-corrected chi connectivity index (χ1v) is 6.14. The van der Waals surface area contributed by atoms with Gasteiger partial charge in [-0.05, 0) is 34.1 Å². The molecule has 0 saturated carbocycles. The van der Waals surface area contributed by atoms with E-state index in [1.54, 1.807) is 0 Å². The lowest BCUT2D eigenvalue weighted by Crippen LogP contribution is -2.11. The number of carboxylic acids is 1. The van der Waals surface area contributed by atoms with Crippen molar-refractivity contribution in [2.45, 2.75) is 6.18 Å². The maximum absolute atomic E-state index is 12.7. The molecule has 1 aromatic carbocycles. The fraction of sp³-hybridized carbons (Fsp3) is 0.0909. The standard InChI is InChI=1S/C11H4BrClF3NO3/c12-5-2-1-4(3-6(5)13)9-17-8(11(14,15)16)7(20-9)10(18)19/h1-3H,(H,18,19). The highest BCUT2D eigenvalue weighted by Gasteiger charge is 2.41. The van der Waals surface area contributed by atoms with Gasteiger partial charge in [0.1, 0.15) is 0 Å². The summed E-state index contributed by atoms with van der Waals surface area (Å²) < 4.78 is 43.2. The Morgan fingerprint density at radius 3 is 2.50 bits per heavy atom. The fourth-order valence-electron chi connectivity index (χ4n) is 1.41. The molecule has 0 radical (unpaired) electrons. The molecule has 0 bridgehead atoms. The normalized spacial score (nSPS) is 11.7. The van der Waals surface area contributed by atoms with Crippen LogP contribution >= 0.6 is 27.5 Å². The summed E-state index contributed by atoms with van der Waals surface area (Å²) in [7, 11) is 0. The first-order chi connectivity index (χ1) is 9.20. The summed E-state index contributed by atoms with van der Waals surface area (Å²) in [6, 6.07) is 4.19. The molecule has 1 heterocycles. The number of nitrogens with zero attached hydrogens (tertiary/aromatic N) is 1. The zero-order valence-corrected chi connectivity index (χ0v) is 11.7. The predicted octanol–water partition coefficient (Wildman–Crippen LogP) is 4.47. The van der Waals surface area contributed by atoms with Gasteiger partial charge in [-0.2, -0.15) is 13.2 Å². The molecule has 0 amide bonds. The minimum absolute atomic E-state index is 0.135. The molecule has 0 saturated heterocycles. The molecule has 1 N–H and O–H groups in total. The zero-order valence-electron chi connectivity index (χ0n) is 9.33. The largest absolute Gasteiger partial charge is 0.475 e. The highest BCUT2D eigenvalue weighted by molar-refractivity contribution is 9.10. The van der Waals surface area contributed by atoms with Crippen molar-refractivity contribution < 1.29 is 27.5 Å². The number of alkyl halides is 3. The molecule has 2 rings (SSSR count). The lowest BCUT2D eigenvalue weighted by molar-refractivity contribution is -0.141. The maximum Gasteiger partial charge on any atom is 0.437 e. The Hall–Kier alpha value is -1.54. The summed E-state index contributed by atoms with van der Waals surface area (Å²) in [5.41, 5.74) is -1.45. The van der Waals surface area contributed by atoms with Gasteiger partial charge in [0, 0.05) is 10.0 Å². The molecule has 0 aliphatic carbocycles. The zero-order chi connectivity index (χ0) is 15.1. The molecule has 0 unspecified atom stereocenters. The number of hydrogen-bond donors (Lipinski definition) is 1. The van der Waals surface area contributed by atoms with E-state index in [9.17, 15) is 18.0 Å². The minimum atomic E-state index is -4.92. The summed E-state index contributed by atoms with van der Waals surface area (Å²) in [5, 5.41) is 8.95. The van der Waals surface area contributed by atoms with Crippen LogP contribution < -0.4 is 0 Å². The maximum atomic E-state index is 12.7. The van der Waals surface area contributed by atoms with E-state index in [-0.39, 0.29) is 10.6 Å². The van der Waals surface area contributed by atoms with E-state index in [1.807, 2.05) is 0 Å². The van der Waals surface area contributed by atoms with Gasteiger partial charge in [0.2, 0.25) is 11.7 Å². The molecule has 0 atom stereocenters. The van der Waals surface area contributed by atoms with E-state index < -0.39 is 29.5 Å². The SMILES string of the molecule is O=C(O)c1oc(-c2ccc(Br)c(Cl)c2)nc1C(F)(F)F. The van der Waals surface area contributed by atoms with Crippen LogP contribution in [0, 0.1) is 0 Å². The lowest BCUT2D eigenvalue weighted by Gasteiger charge is -2.01. The van der Waals surface area contributed by atoms with E-state index in [0.29, 0.717) is 4.47 Å². The van der Waals surface area contributed by atoms with Crippen molar-refractivity contribution in [3.63, 3.8) is 0 Å². The van der Waals surface area contributed by atoms with Gasteiger partial charge in [-0.15, -0.1) is 0 Å². The Labute approximate surface area is 123 Å². The molecule has 9 heteroatoms. The molecule has 0 aliphatic rings. The Bertz CT molecular complexity index is 684. The molecule has 0 aliphatic heterocycles. The molecular formula is C11H4BrClF3NO3. The second kappa shape index (κ2) is 5.10. The molecule has 20 heavy (non-hydrogen) atoms. The van der Waals surface area contributed by atoms with Crippen molar-refractivity contribution in [2.75, 3.05) is 0 Å². The van der Waals surface area contributed by atoms with E-state index in [1.165, 1.54) is 18.2 Å². The third-order valence-corrected chi connectivity index (χ3v) is 3.49. The second-order valence-electron chi connectivity index (χ2n) is 3.63. The number of benzene rings is 1. The number of rotatable bonds is 2. The van der Waals surface area contributed by atoms with Crippen molar-refractivity contribution >= 4 is 33.5 Å². The first-order valence-electron chi connectivity index (χ1n) is 4.97. The van der Waals surface area contributed by atoms with Crippen LogP contribution in [-0.4, -0.2) is 16.1 Å². The van der Waals surface area contributed by atoms with Crippen LogP contribution in [0.1, 0.15) is 16.2 Å². The number of halogens is 5. The molecule has 0 fully saturated rings. The van der Waals surface area contributed by atoms with Gasteiger partial charge < -0.3 is 9.52 Å². The van der Waals surface area contributed by atoms with E-state index in [0.717, 1.165) is 0 Å². The molecular weight excluding hydrogens is 366 g/mol. The Morgan fingerprint density at radius 1 is 1.40 bits per heavy atom. The van der Waals surface area contributed by atoms with Crippen LogP contribution in [0.15, 0.2) is 27.1 Å². The average molecular weight is 371 g/mol. The summed E-state index contributed by atoms with van der Waals surface area (Å²) in [6.07, 6.45) is -4.92. The number of aromatic carboxylic acids is 1. The summed E-state index contributed by atoms with van der Waals surface area (Å²) >= 11 is 8.93. The molecule has 106 valence electrons. The number of aromatic nitrogens is 1. The van der Waals surface area contributed by atoms with Gasteiger partial charge in [0.05, 0.1) is 5.02 Å². The van der Waals surface area contributed by atoms with Crippen LogP contribution in [0.25, 0.3) is 11.5 Å². The quantitative estimate of drug-likeness (QED) is 0.847. The second-order valence-corrected chi connectivity index (χ2v) is 4.89. The Kier molecular flexibility index (Phi) is 3.79. The first kappa shape index (κ1) is 14.9. The van der Waals surface area contributed by atoms with Crippen molar-refractivity contribution in [3.05, 3.63) is 39.1 Å². The smallest absolute Gasteiger partial charge is 0.437 e. The van der Waals surface area contributed by atoms with Gasteiger partial charge in [-0.3, -0.25) is 0 Å². The highest BCUT2D eigenvalue weighted by Crippen LogP contribution is 2.35. The van der Waals surface area contributed by atoms with Gasteiger partial charge in [-0.25, -0.2) is 9.78 Å².